The molecule has 0 aliphatic carbocycles. The monoisotopic (exact) mass is 382 g/mol. The second kappa shape index (κ2) is 8.10. The van der Waals surface area contributed by atoms with Gasteiger partial charge in [-0.2, -0.15) is 0 Å². The van der Waals surface area contributed by atoms with Crippen molar-refractivity contribution in [3.05, 3.63) is 34.3 Å². The molecular weight excluding hydrogens is 364 g/mol. The van der Waals surface area contributed by atoms with Gasteiger partial charge in [-0.1, -0.05) is 15.9 Å². The molecule has 0 saturated carbocycles. The molecule has 1 aliphatic heterocycles. The number of carboxylic acid groups (broad SMARTS) is 1. The van der Waals surface area contributed by atoms with Crippen LogP contribution in [-0.4, -0.2) is 46.9 Å². The summed E-state index contributed by atoms with van der Waals surface area (Å²) in [4.78, 5) is 36.5. The average Bonchev–Trinajstić information content (AvgIpc) is 2.95. The molecule has 23 heavy (non-hydrogen) atoms. The number of likely N-dealkylation sites (tertiary alicyclic amines) is 1. The maximum atomic E-state index is 12.2. The minimum absolute atomic E-state index is 0.0169. The van der Waals surface area contributed by atoms with E-state index in [1.165, 1.54) is 0 Å². The zero-order chi connectivity index (χ0) is 16.8. The van der Waals surface area contributed by atoms with Gasteiger partial charge in [0.1, 0.15) is 0 Å². The van der Waals surface area contributed by atoms with Crippen LogP contribution in [0, 0.1) is 0 Å². The summed E-state index contributed by atoms with van der Waals surface area (Å²) in [5.74, 6) is -1.23. The fourth-order valence-corrected chi connectivity index (χ4v) is 2.97. The van der Waals surface area contributed by atoms with E-state index < -0.39 is 5.97 Å². The number of carbonyl (C=O) groups is 3. The van der Waals surface area contributed by atoms with Gasteiger partial charge in [0.25, 0.3) is 5.91 Å². The summed E-state index contributed by atoms with van der Waals surface area (Å²) in [5, 5.41) is 11.6. The van der Waals surface area contributed by atoms with Gasteiger partial charge in [0.2, 0.25) is 5.91 Å². The van der Waals surface area contributed by atoms with Gasteiger partial charge in [0.05, 0.1) is 6.42 Å². The Bertz CT molecular complexity index is 588. The zero-order valence-corrected chi connectivity index (χ0v) is 14.2. The molecule has 6 nitrogen and oxygen atoms in total. The van der Waals surface area contributed by atoms with Crippen LogP contribution < -0.4 is 5.32 Å². The third-order valence-electron chi connectivity index (χ3n) is 3.84. The van der Waals surface area contributed by atoms with Gasteiger partial charge < -0.3 is 15.3 Å². The lowest BCUT2D eigenvalue weighted by Crippen LogP contribution is -2.38. The molecule has 1 unspecified atom stereocenters. The summed E-state index contributed by atoms with van der Waals surface area (Å²) < 4.78 is 0.891. The maximum absolute atomic E-state index is 12.2. The summed E-state index contributed by atoms with van der Waals surface area (Å²) in [6.07, 6.45) is 1.72. The van der Waals surface area contributed by atoms with Crippen LogP contribution in [0.25, 0.3) is 0 Å². The van der Waals surface area contributed by atoms with Crippen molar-refractivity contribution in [3.63, 3.8) is 0 Å². The van der Waals surface area contributed by atoms with Gasteiger partial charge in [-0.15, -0.1) is 0 Å². The average molecular weight is 383 g/mol. The minimum atomic E-state index is -0.891. The highest BCUT2D eigenvalue weighted by Gasteiger charge is 2.29. The van der Waals surface area contributed by atoms with Crippen LogP contribution in [0.4, 0.5) is 0 Å². The van der Waals surface area contributed by atoms with Gasteiger partial charge in [0, 0.05) is 35.6 Å². The molecule has 0 radical (unpaired) electrons. The van der Waals surface area contributed by atoms with Gasteiger partial charge in [-0.05, 0) is 37.1 Å². The number of rotatable bonds is 6. The minimum Gasteiger partial charge on any atom is -0.481 e. The molecule has 2 amide bonds. The third-order valence-corrected chi connectivity index (χ3v) is 4.37. The van der Waals surface area contributed by atoms with Crippen LogP contribution in [0.2, 0.25) is 0 Å². The zero-order valence-electron chi connectivity index (χ0n) is 12.6. The summed E-state index contributed by atoms with van der Waals surface area (Å²) >= 11 is 3.30. The summed E-state index contributed by atoms with van der Waals surface area (Å²) in [6, 6.07) is 6.73. The Labute approximate surface area is 143 Å². The van der Waals surface area contributed by atoms with Crippen molar-refractivity contribution in [2.45, 2.75) is 31.7 Å². The third kappa shape index (κ3) is 5.06. The molecule has 0 aromatic heterocycles. The molecule has 1 aliphatic rings. The second-order valence-electron chi connectivity index (χ2n) is 5.49. The predicted molar refractivity (Wildman–Crippen MR) is 88.1 cm³/mol. The Kier molecular flexibility index (Phi) is 6.15. The maximum Gasteiger partial charge on any atom is 0.305 e. The van der Waals surface area contributed by atoms with Crippen molar-refractivity contribution in [2.75, 3.05) is 13.1 Å². The lowest BCUT2D eigenvalue weighted by molar-refractivity contribution is -0.139. The van der Waals surface area contributed by atoms with Crippen LogP contribution >= 0.6 is 15.9 Å². The van der Waals surface area contributed by atoms with E-state index in [9.17, 15) is 14.4 Å². The Balaban J connectivity index is 1.79. The molecule has 1 atom stereocenters. The SMILES string of the molecule is O=C(O)CC1CCCN1C(=O)CCNC(=O)c1ccc(Br)cc1. The Morgan fingerprint density at radius 3 is 2.61 bits per heavy atom. The predicted octanol–water partition coefficient (Wildman–Crippen LogP) is 2.03. The number of carbonyl (C=O) groups excluding carboxylic acids is 2. The van der Waals surface area contributed by atoms with Crippen LogP contribution in [0.1, 0.15) is 36.0 Å². The van der Waals surface area contributed by atoms with E-state index in [0.29, 0.717) is 12.1 Å². The van der Waals surface area contributed by atoms with Crippen molar-refractivity contribution in [1.29, 1.82) is 0 Å². The molecule has 2 N–H and O–H groups in total. The fraction of sp³-hybridized carbons (Fsp3) is 0.438. The summed E-state index contributed by atoms with van der Waals surface area (Å²) in [7, 11) is 0. The van der Waals surface area contributed by atoms with E-state index in [2.05, 4.69) is 21.2 Å². The largest absolute Gasteiger partial charge is 0.481 e. The Morgan fingerprint density at radius 1 is 1.26 bits per heavy atom. The number of hydrogen-bond donors (Lipinski definition) is 2. The van der Waals surface area contributed by atoms with Gasteiger partial charge in [-0.3, -0.25) is 14.4 Å². The molecule has 124 valence electrons. The molecule has 2 rings (SSSR count). The first kappa shape index (κ1) is 17.5. The van der Waals surface area contributed by atoms with E-state index >= 15 is 0 Å². The van der Waals surface area contributed by atoms with Crippen LogP contribution in [0.15, 0.2) is 28.7 Å². The number of benzene rings is 1. The number of halogens is 1. The van der Waals surface area contributed by atoms with E-state index in [4.69, 9.17) is 5.11 Å². The molecule has 1 heterocycles. The number of aliphatic carboxylic acids is 1. The van der Waals surface area contributed by atoms with Crippen LogP contribution in [0.3, 0.4) is 0 Å². The highest BCUT2D eigenvalue weighted by molar-refractivity contribution is 9.10. The van der Waals surface area contributed by atoms with Gasteiger partial charge >= 0.3 is 5.97 Å². The van der Waals surface area contributed by atoms with Gasteiger partial charge in [0.15, 0.2) is 0 Å². The molecule has 1 aromatic rings. The molecule has 7 heteroatoms. The quantitative estimate of drug-likeness (QED) is 0.787. The van der Waals surface area contributed by atoms with Crippen molar-refractivity contribution in [1.82, 2.24) is 10.2 Å². The second-order valence-corrected chi connectivity index (χ2v) is 6.41. The smallest absolute Gasteiger partial charge is 0.305 e. The molecule has 0 spiro atoms. The number of amides is 2. The van der Waals surface area contributed by atoms with Crippen molar-refractivity contribution in [3.8, 4) is 0 Å². The highest BCUT2D eigenvalue weighted by atomic mass is 79.9. The number of carboxylic acids is 1. The van der Waals surface area contributed by atoms with E-state index in [0.717, 1.165) is 17.3 Å². The molecule has 1 aromatic carbocycles. The highest BCUT2D eigenvalue weighted by Crippen LogP contribution is 2.20. The van der Waals surface area contributed by atoms with Crippen molar-refractivity contribution < 1.29 is 19.5 Å². The van der Waals surface area contributed by atoms with Crippen LogP contribution in [-0.2, 0) is 9.59 Å². The Hall–Kier alpha value is -1.89. The number of hydrogen-bond acceptors (Lipinski definition) is 3. The lowest BCUT2D eigenvalue weighted by Gasteiger charge is -2.23. The molecule has 1 saturated heterocycles. The van der Waals surface area contributed by atoms with E-state index in [-0.39, 0.29) is 37.2 Å². The molecular formula is C16H19BrN2O4. The first-order valence-electron chi connectivity index (χ1n) is 7.52. The summed E-state index contributed by atoms with van der Waals surface area (Å²) in [6.45, 7) is 0.835. The first-order chi connectivity index (χ1) is 11.0. The Morgan fingerprint density at radius 2 is 1.96 bits per heavy atom. The van der Waals surface area contributed by atoms with Crippen molar-refractivity contribution >= 4 is 33.7 Å². The molecule has 0 bridgehead atoms. The van der Waals surface area contributed by atoms with Gasteiger partial charge in [-0.25, -0.2) is 0 Å². The topological polar surface area (TPSA) is 86.7 Å². The standard InChI is InChI=1S/C16H19BrN2O4/c17-12-5-3-11(4-6-12)16(23)18-8-7-14(20)19-9-1-2-13(19)10-15(21)22/h3-6,13H,1-2,7-10H2,(H,18,23)(H,21,22). The summed E-state index contributed by atoms with van der Waals surface area (Å²) in [5.41, 5.74) is 0.533. The lowest BCUT2D eigenvalue weighted by atomic mass is 10.1. The number of nitrogens with zero attached hydrogens (tertiary/aromatic N) is 1. The van der Waals surface area contributed by atoms with Crippen molar-refractivity contribution in [2.24, 2.45) is 0 Å². The van der Waals surface area contributed by atoms with E-state index in [1.54, 1.807) is 29.2 Å². The van der Waals surface area contributed by atoms with E-state index in [1.807, 2.05) is 0 Å². The first-order valence-corrected chi connectivity index (χ1v) is 8.31. The number of nitrogens with one attached hydrogen (secondary N) is 1. The van der Waals surface area contributed by atoms with Crippen LogP contribution in [0.5, 0.6) is 0 Å². The fourth-order valence-electron chi connectivity index (χ4n) is 2.71. The molecule has 1 fully saturated rings. The normalized spacial score (nSPS) is 17.1.